The van der Waals surface area contributed by atoms with Gasteiger partial charge < -0.3 is 5.32 Å². The second-order valence-electron chi connectivity index (χ2n) is 7.00. The molecule has 0 saturated heterocycles. The van der Waals surface area contributed by atoms with E-state index in [1.54, 1.807) is 10.9 Å². The Morgan fingerprint density at radius 3 is 2.43 bits per heavy atom. The van der Waals surface area contributed by atoms with Crippen LogP contribution in [0.4, 0.5) is 5.69 Å². The van der Waals surface area contributed by atoms with Gasteiger partial charge in [0.05, 0.1) is 11.2 Å². The zero-order valence-electron chi connectivity index (χ0n) is 12.2. The Bertz CT molecular complexity index is 576. The number of hydrogen-bond donors (Lipinski definition) is 1. The standard InChI is InChI=1S/C16H22ClN3O/c17-13-8-18-20(9-10-2-1-3-10)16(21)15(13)19-14(11-4-5-11)12-6-7-12/h8,10-12,14,19H,1-7,9H2. The topological polar surface area (TPSA) is 46.9 Å². The second-order valence-corrected chi connectivity index (χ2v) is 7.40. The van der Waals surface area contributed by atoms with Crippen molar-refractivity contribution in [3.63, 3.8) is 0 Å². The van der Waals surface area contributed by atoms with E-state index in [-0.39, 0.29) is 5.56 Å². The predicted molar refractivity (Wildman–Crippen MR) is 83.7 cm³/mol. The fraction of sp³-hybridized carbons (Fsp3) is 0.750. The van der Waals surface area contributed by atoms with Crippen LogP contribution in [0.5, 0.6) is 0 Å². The van der Waals surface area contributed by atoms with Crippen molar-refractivity contribution in [1.82, 2.24) is 9.78 Å². The number of hydrogen-bond acceptors (Lipinski definition) is 3. The third kappa shape index (κ3) is 2.83. The van der Waals surface area contributed by atoms with Crippen LogP contribution < -0.4 is 10.9 Å². The minimum atomic E-state index is -0.0410. The molecule has 114 valence electrons. The third-order valence-electron chi connectivity index (χ3n) is 5.22. The average molecular weight is 308 g/mol. The van der Waals surface area contributed by atoms with Crippen LogP contribution >= 0.6 is 11.6 Å². The Kier molecular flexibility index (Phi) is 3.44. The lowest BCUT2D eigenvalue weighted by Gasteiger charge is -2.26. The minimum Gasteiger partial charge on any atom is -0.376 e. The van der Waals surface area contributed by atoms with Gasteiger partial charge in [0.25, 0.3) is 5.56 Å². The van der Waals surface area contributed by atoms with E-state index >= 15 is 0 Å². The molecule has 3 aliphatic rings. The minimum absolute atomic E-state index is 0.0410. The first kappa shape index (κ1) is 13.6. The summed E-state index contributed by atoms with van der Waals surface area (Å²) in [6.45, 7) is 0.738. The summed E-state index contributed by atoms with van der Waals surface area (Å²) in [5.41, 5.74) is 0.537. The van der Waals surface area contributed by atoms with Crippen LogP contribution in [-0.4, -0.2) is 15.8 Å². The number of anilines is 1. The molecule has 1 heterocycles. The monoisotopic (exact) mass is 307 g/mol. The molecule has 3 saturated carbocycles. The second kappa shape index (κ2) is 5.31. The van der Waals surface area contributed by atoms with Crippen molar-refractivity contribution in [2.45, 2.75) is 57.5 Å². The molecular formula is C16H22ClN3O. The molecule has 0 radical (unpaired) electrons. The molecule has 1 aromatic rings. The molecule has 0 amide bonds. The largest absolute Gasteiger partial charge is 0.376 e. The van der Waals surface area contributed by atoms with E-state index in [4.69, 9.17) is 11.6 Å². The van der Waals surface area contributed by atoms with Crippen molar-refractivity contribution in [2.75, 3.05) is 5.32 Å². The van der Waals surface area contributed by atoms with E-state index in [0.717, 1.165) is 18.4 Å². The highest BCUT2D eigenvalue weighted by atomic mass is 35.5. The molecular weight excluding hydrogens is 286 g/mol. The molecule has 0 aliphatic heterocycles. The van der Waals surface area contributed by atoms with Crippen molar-refractivity contribution < 1.29 is 0 Å². The molecule has 1 N–H and O–H groups in total. The van der Waals surface area contributed by atoms with E-state index < -0.39 is 0 Å². The zero-order chi connectivity index (χ0) is 14.4. The molecule has 0 bridgehead atoms. The van der Waals surface area contributed by atoms with Crippen LogP contribution in [-0.2, 0) is 6.54 Å². The number of aromatic nitrogens is 2. The van der Waals surface area contributed by atoms with Gasteiger partial charge in [-0.15, -0.1) is 0 Å². The summed E-state index contributed by atoms with van der Waals surface area (Å²) >= 11 is 6.24. The van der Waals surface area contributed by atoms with Gasteiger partial charge in [0.2, 0.25) is 0 Å². The SMILES string of the molecule is O=c1c(NC(C2CC2)C2CC2)c(Cl)cnn1CC1CCC1. The van der Waals surface area contributed by atoms with Gasteiger partial charge in [-0.1, -0.05) is 18.0 Å². The van der Waals surface area contributed by atoms with Crippen molar-refractivity contribution in [1.29, 1.82) is 0 Å². The molecule has 21 heavy (non-hydrogen) atoms. The molecule has 0 spiro atoms. The highest BCUT2D eigenvalue weighted by Crippen LogP contribution is 2.46. The summed E-state index contributed by atoms with van der Waals surface area (Å²) in [6.07, 6.45) is 10.5. The van der Waals surface area contributed by atoms with Gasteiger partial charge in [0, 0.05) is 12.6 Å². The van der Waals surface area contributed by atoms with Gasteiger partial charge in [0.1, 0.15) is 5.69 Å². The van der Waals surface area contributed by atoms with Gasteiger partial charge in [-0.3, -0.25) is 4.79 Å². The molecule has 0 aromatic carbocycles. The number of rotatable bonds is 6. The number of nitrogens with zero attached hydrogens (tertiary/aromatic N) is 2. The average Bonchev–Trinajstić information content (AvgIpc) is 3.28. The lowest BCUT2D eigenvalue weighted by atomic mass is 9.85. The van der Waals surface area contributed by atoms with E-state index in [1.165, 1.54) is 44.9 Å². The van der Waals surface area contributed by atoms with Crippen molar-refractivity contribution in [3.05, 3.63) is 21.6 Å². The Hall–Kier alpha value is -1.03. The number of halogens is 1. The van der Waals surface area contributed by atoms with Gasteiger partial charge >= 0.3 is 0 Å². The van der Waals surface area contributed by atoms with Crippen LogP contribution in [0.3, 0.4) is 0 Å². The number of nitrogens with one attached hydrogen (secondary N) is 1. The quantitative estimate of drug-likeness (QED) is 0.877. The van der Waals surface area contributed by atoms with E-state index in [1.807, 2.05) is 0 Å². The molecule has 3 aliphatic carbocycles. The maximum atomic E-state index is 12.6. The summed E-state index contributed by atoms with van der Waals surface area (Å²) in [5, 5.41) is 8.17. The molecule has 1 aromatic heterocycles. The van der Waals surface area contributed by atoms with Crippen molar-refractivity contribution >= 4 is 17.3 Å². The fourth-order valence-electron chi connectivity index (χ4n) is 3.35. The lowest BCUT2D eigenvalue weighted by Crippen LogP contribution is -2.34. The predicted octanol–water partition coefficient (Wildman–Crippen LogP) is 3.30. The molecule has 5 heteroatoms. The Morgan fingerprint density at radius 1 is 1.24 bits per heavy atom. The first-order valence-corrected chi connectivity index (χ1v) is 8.62. The van der Waals surface area contributed by atoms with Gasteiger partial charge in [-0.05, 0) is 56.3 Å². The Morgan fingerprint density at radius 2 is 1.90 bits per heavy atom. The highest BCUT2D eigenvalue weighted by molar-refractivity contribution is 6.33. The maximum Gasteiger partial charge on any atom is 0.291 e. The van der Waals surface area contributed by atoms with E-state index in [9.17, 15) is 4.79 Å². The molecule has 4 rings (SSSR count). The van der Waals surface area contributed by atoms with E-state index in [2.05, 4.69) is 10.4 Å². The first-order valence-electron chi connectivity index (χ1n) is 8.24. The third-order valence-corrected chi connectivity index (χ3v) is 5.51. The summed E-state index contributed by atoms with van der Waals surface area (Å²) < 4.78 is 1.61. The fourth-order valence-corrected chi connectivity index (χ4v) is 3.53. The van der Waals surface area contributed by atoms with Crippen LogP contribution in [0.2, 0.25) is 5.02 Å². The Labute approximate surface area is 129 Å². The molecule has 0 unspecified atom stereocenters. The zero-order valence-corrected chi connectivity index (χ0v) is 13.0. The van der Waals surface area contributed by atoms with Gasteiger partial charge in [0.15, 0.2) is 0 Å². The Balaban J connectivity index is 1.57. The van der Waals surface area contributed by atoms with Crippen molar-refractivity contribution in [3.8, 4) is 0 Å². The summed E-state index contributed by atoms with van der Waals surface area (Å²) in [7, 11) is 0. The highest BCUT2D eigenvalue weighted by Gasteiger charge is 2.42. The van der Waals surface area contributed by atoms with Gasteiger partial charge in [-0.25, -0.2) is 4.68 Å². The van der Waals surface area contributed by atoms with E-state index in [0.29, 0.717) is 22.7 Å². The van der Waals surface area contributed by atoms with Crippen LogP contribution in [0.25, 0.3) is 0 Å². The molecule has 0 atom stereocenters. The molecule has 3 fully saturated rings. The summed E-state index contributed by atoms with van der Waals surface area (Å²) in [5.74, 6) is 2.09. The smallest absolute Gasteiger partial charge is 0.291 e. The van der Waals surface area contributed by atoms with Gasteiger partial charge in [-0.2, -0.15) is 5.10 Å². The maximum absolute atomic E-state index is 12.6. The van der Waals surface area contributed by atoms with Crippen molar-refractivity contribution in [2.24, 2.45) is 17.8 Å². The van der Waals surface area contributed by atoms with Crippen LogP contribution in [0.1, 0.15) is 44.9 Å². The first-order chi connectivity index (χ1) is 10.2. The summed E-state index contributed by atoms with van der Waals surface area (Å²) in [4.78, 5) is 12.6. The lowest BCUT2D eigenvalue weighted by molar-refractivity contribution is 0.262. The normalized spacial score (nSPS) is 22.4. The summed E-state index contributed by atoms with van der Waals surface area (Å²) in [6, 6.07) is 0.440. The van der Waals surface area contributed by atoms with Crippen LogP contribution in [0.15, 0.2) is 11.0 Å². The molecule has 4 nitrogen and oxygen atoms in total. The van der Waals surface area contributed by atoms with Crippen LogP contribution in [0, 0.1) is 17.8 Å².